The average molecular weight is 488 g/mol. The van der Waals surface area contributed by atoms with Crippen molar-refractivity contribution in [1.82, 2.24) is 14.1 Å². The molecule has 1 atom stereocenters. The summed E-state index contributed by atoms with van der Waals surface area (Å²) in [5.74, 6) is -1.23. The number of likely N-dealkylation sites (N-methyl/N-ethyl adjacent to an activating group) is 1. The van der Waals surface area contributed by atoms with Gasteiger partial charge in [0.05, 0.1) is 23.6 Å². The molecule has 1 saturated heterocycles. The second kappa shape index (κ2) is 9.96. The molecule has 182 valence electrons. The first-order valence-electron chi connectivity index (χ1n) is 10.6. The van der Waals surface area contributed by atoms with E-state index < -0.39 is 27.8 Å². The van der Waals surface area contributed by atoms with E-state index in [1.807, 2.05) is 19.0 Å². The Morgan fingerprint density at radius 2 is 1.59 bits per heavy atom. The Morgan fingerprint density at radius 3 is 2.09 bits per heavy atom. The number of hydrogen-bond donors (Lipinski definition) is 1. The second-order valence-electron chi connectivity index (χ2n) is 8.38. The van der Waals surface area contributed by atoms with Crippen LogP contribution in [-0.4, -0.2) is 87.7 Å². The average Bonchev–Trinajstić information content (AvgIpc) is 3.07. The molecule has 0 radical (unpaired) electrons. The van der Waals surface area contributed by atoms with Crippen molar-refractivity contribution in [3.05, 3.63) is 65.2 Å². The number of rotatable bonds is 8. The number of aliphatic hydroxyl groups excluding tert-OH is 1. The van der Waals surface area contributed by atoms with Crippen LogP contribution < -0.4 is 4.74 Å². The van der Waals surface area contributed by atoms with Crippen molar-refractivity contribution in [3.63, 3.8) is 0 Å². The number of carbonyl (C=O) groups is 2. The van der Waals surface area contributed by atoms with E-state index in [9.17, 15) is 23.1 Å². The minimum atomic E-state index is -3.65. The monoisotopic (exact) mass is 487 g/mol. The minimum absolute atomic E-state index is 0.0443. The number of carbonyl (C=O) groups excluding carboxylic acids is 2. The van der Waals surface area contributed by atoms with Crippen molar-refractivity contribution in [2.24, 2.45) is 0 Å². The van der Waals surface area contributed by atoms with Crippen LogP contribution in [0.3, 0.4) is 0 Å². The van der Waals surface area contributed by atoms with Crippen LogP contribution in [0.25, 0.3) is 5.76 Å². The van der Waals surface area contributed by atoms with Gasteiger partial charge in [-0.1, -0.05) is 12.1 Å². The fourth-order valence-corrected chi connectivity index (χ4v) is 4.60. The molecule has 9 nitrogen and oxygen atoms in total. The Labute approximate surface area is 199 Å². The van der Waals surface area contributed by atoms with Crippen molar-refractivity contribution in [3.8, 4) is 5.75 Å². The normalized spacial score (nSPS) is 18.2. The lowest BCUT2D eigenvalue weighted by molar-refractivity contribution is -0.140. The molecule has 2 aromatic carbocycles. The number of methoxy groups -OCH3 is 1. The summed E-state index contributed by atoms with van der Waals surface area (Å²) in [4.78, 5) is 29.4. The zero-order valence-corrected chi connectivity index (χ0v) is 20.7. The zero-order chi connectivity index (χ0) is 25.2. The zero-order valence-electron chi connectivity index (χ0n) is 19.8. The molecule has 1 amide bonds. The molecule has 1 heterocycles. The van der Waals surface area contributed by atoms with Crippen LogP contribution in [0.1, 0.15) is 17.2 Å². The van der Waals surface area contributed by atoms with Crippen LogP contribution in [-0.2, 0) is 19.6 Å². The fraction of sp³-hybridized carbons (Fsp3) is 0.333. The molecule has 1 unspecified atom stereocenters. The Balaban J connectivity index is 2.11. The number of amides is 1. The van der Waals surface area contributed by atoms with Gasteiger partial charge >= 0.3 is 0 Å². The SMILES string of the molecule is COc1ccc(C2/C(=C(\O)c3ccc(S(=O)(=O)N(C)C)cc3)C(=O)C(=O)N2CCN(C)C)cc1. The van der Waals surface area contributed by atoms with Crippen molar-refractivity contribution >= 4 is 27.5 Å². The topological polar surface area (TPSA) is 107 Å². The molecule has 0 aromatic heterocycles. The number of hydrogen-bond acceptors (Lipinski definition) is 7. The standard InChI is InChI=1S/C24H29N3O6S/c1-25(2)14-15-27-21(16-6-10-18(33-5)11-7-16)20(23(29)24(27)30)22(28)17-8-12-19(13-9-17)34(31,32)26(3)4/h6-13,21,28H,14-15H2,1-5H3/b22-20+. The third-order valence-corrected chi connectivity index (χ3v) is 7.50. The van der Waals surface area contributed by atoms with Crippen LogP contribution >= 0.6 is 0 Å². The van der Waals surface area contributed by atoms with E-state index in [0.29, 0.717) is 17.9 Å². The van der Waals surface area contributed by atoms with Gasteiger partial charge in [0.15, 0.2) is 0 Å². The summed E-state index contributed by atoms with van der Waals surface area (Å²) < 4.78 is 31.0. The van der Waals surface area contributed by atoms with E-state index in [0.717, 1.165) is 4.31 Å². The van der Waals surface area contributed by atoms with E-state index in [1.165, 1.54) is 43.3 Å². The maximum atomic E-state index is 13.0. The highest BCUT2D eigenvalue weighted by atomic mass is 32.2. The van der Waals surface area contributed by atoms with Crippen LogP contribution in [0.2, 0.25) is 0 Å². The summed E-state index contributed by atoms with van der Waals surface area (Å²) in [6.07, 6.45) is 0. The molecule has 0 saturated carbocycles. The molecular formula is C24H29N3O6S. The molecule has 10 heteroatoms. The Hall–Kier alpha value is -3.21. The first kappa shape index (κ1) is 25.4. The van der Waals surface area contributed by atoms with Gasteiger partial charge in [-0.05, 0) is 56.1 Å². The largest absolute Gasteiger partial charge is 0.507 e. The summed E-state index contributed by atoms with van der Waals surface area (Å²) in [6.45, 7) is 0.807. The smallest absolute Gasteiger partial charge is 0.295 e. The lowest BCUT2D eigenvalue weighted by Crippen LogP contribution is -2.35. The van der Waals surface area contributed by atoms with Gasteiger partial charge in [-0.2, -0.15) is 0 Å². The first-order chi connectivity index (χ1) is 16.0. The minimum Gasteiger partial charge on any atom is -0.507 e. The maximum Gasteiger partial charge on any atom is 0.295 e. The summed E-state index contributed by atoms with van der Waals surface area (Å²) in [6, 6.07) is 11.7. The lowest BCUT2D eigenvalue weighted by Gasteiger charge is -2.26. The van der Waals surface area contributed by atoms with Gasteiger partial charge in [-0.15, -0.1) is 0 Å². The summed E-state index contributed by atoms with van der Waals surface area (Å²) in [7, 11) is 4.46. The molecule has 1 N–H and O–H groups in total. The summed E-state index contributed by atoms with van der Waals surface area (Å²) in [5.41, 5.74) is 0.839. The van der Waals surface area contributed by atoms with E-state index in [2.05, 4.69) is 0 Å². The van der Waals surface area contributed by atoms with Gasteiger partial charge in [0.2, 0.25) is 10.0 Å². The van der Waals surface area contributed by atoms with Gasteiger partial charge in [0, 0.05) is 32.7 Å². The molecule has 1 fully saturated rings. The molecule has 0 aliphatic carbocycles. The number of sulfonamides is 1. The van der Waals surface area contributed by atoms with E-state index in [-0.39, 0.29) is 28.3 Å². The fourth-order valence-electron chi connectivity index (χ4n) is 3.70. The first-order valence-corrected chi connectivity index (χ1v) is 12.0. The Bertz CT molecular complexity index is 1200. The number of benzene rings is 2. The quantitative estimate of drug-likeness (QED) is 0.344. The van der Waals surface area contributed by atoms with Crippen LogP contribution in [0.15, 0.2) is 59.0 Å². The Morgan fingerprint density at radius 1 is 1.00 bits per heavy atom. The number of ketones is 1. The highest BCUT2D eigenvalue weighted by Crippen LogP contribution is 2.39. The third-order valence-electron chi connectivity index (χ3n) is 5.67. The highest BCUT2D eigenvalue weighted by molar-refractivity contribution is 7.89. The summed E-state index contributed by atoms with van der Waals surface area (Å²) >= 11 is 0. The van der Waals surface area contributed by atoms with Gasteiger partial charge in [-0.25, -0.2) is 12.7 Å². The molecule has 3 rings (SSSR count). The number of likely N-dealkylation sites (tertiary alicyclic amines) is 1. The van der Waals surface area contributed by atoms with Crippen LogP contribution in [0.5, 0.6) is 5.75 Å². The van der Waals surface area contributed by atoms with Crippen LogP contribution in [0.4, 0.5) is 0 Å². The van der Waals surface area contributed by atoms with Gasteiger partial charge in [0.25, 0.3) is 11.7 Å². The molecule has 0 bridgehead atoms. The van der Waals surface area contributed by atoms with Gasteiger partial charge < -0.3 is 19.6 Å². The number of Topliss-reactive ketones (excluding diaryl/α,β-unsaturated/α-hetero) is 1. The molecule has 1 aliphatic heterocycles. The van der Waals surface area contributed by atoms with Gasteiger partial charge in [-0.3, -0.25) is 9.59 Å². The predicted molar refractivity (Wildman–Crippen MR) is 128 cm³/mol. The molecular weight excluding hydrogens is 458 g/mol. The second-order valence-corrected chi connectivity index (χ2v) is 10.5. The van der Waals surface area contributed by atoms with Crippen LogP contribution in [0, 0.1) is 0 Å². The molecule has 0 spiro atoms. The molecule has 1 aliphatic rings. The van der Waals surface area contributed by atoms with Crippen molar-refractivity contribution in [1.29, 1.82) is 0 Å². The molecule has 34 heavy (non-hydrogen) atoms. The summed E-state index contributed by atoms with van der Waals surface area (Å²) in [5, 5.41) is 11.1. The van der Waals surface area contributed by atoms with Crippen molar-refractivity contribution < 1.29 is 27.9 Å². The third kappa shape index (κ3) is 4.84. The van der Waals surface area contributed by atoms with Crippen molar-refractivity contribution in [2.75, 3.05) is 48.4 Å². The van der Waals surface area contributed by atoms with E-state index in [1.54, 1.807) is 31.4 Å². The maximum absolute atomic E-state index is 13.0. The number of ether oxygens (including phenoxy) is 1. The van der Waals surface area contributed by atoms with E-state index >= 15 is 0 Å². The predicted octanol–water partition coefficient (Wildman–Crippen LogP) is 1.93. The highest BCUT2D eigenvalue weighted by Gasteiger charge is 2.45. The number of nitrogens with zero attached hydrogens (tertiary/aromatic N) is 3. The van der Waals surface area contributed by atoms with Crippen molar-refractivity contribution in [2.45, 2.75) is 10.9 Å². The lowest BCUT2D eigenvalue weighted by atomic mass is 9.95. The Kier molecular flexibility index (Phi) is 7.44. The van der Waals surface area contributed by atoms with Gasteiger partial charge in [0.1, 0.15) is 11.5 Å². The molecule has 2 aromatic rings. The van der Waals surface area contributed by atoms with E-state index in [4.69, 9.17) is 4.74 Å². The number of aliphatic hydroxyl groups is 1.